The Balaban J connectivity index is 1.19. The third-order valence-electron chi connectivity index (χ3n) is 12.5. The first-order valence-corrected chi connectivity index (χ1v) is 19.8. The number of rotatable bonds is 4. The summed E-state index contributed by atoms with van der Waals surface area (Å²) in [5.74, 6) is 0. The number of anilines is 3. The summed E-state index contributed by atoms with van der Waals surface area (Å²) in [6.07, 6.45) is 7.50. The van der Waals surface area contributed by atoms with E-state index in [2.05, 4.69) is 194 Å². The maximum atomic E-state index is 4.32. The molecule has 0 unspecified atom stereocenters. The van der Waals surface area contributed by atoms with Gasteiger partial charge in [0.25, 0.3) is 6.71 Å². The molecule has 0 saturated heterocycles. The summed E-state index contributed by atoms with van der Waals surface area (Å²) < 4.78 is 5.05. The molecule has 0 fully saturated rings. The number of pyridine rings is 2. The Bertz CT molecular complexity index is 3460. The van der Waals surface area contributed by atoms with Crippen LogP contribution in [0, 0.1) is 0 Å². The van der Waals surface area contributed by atoms with Crippen LogP contribution in [-0.4, -0.2) is 25.8 Å². The van der Waals surface area contributed by atoms with Crippen LogP contribution in [0.2, 0.25) is 0 Å². The molecule has 268 valence electrons. The number of nitrogens with zero attached hydrogens (tertiary/aromatic N) is 5. The van der Waals surface area contributed by atoms with Gasteiger partial charge in [-0.05, 0) is 111 Å². The van der Waals surface area contributed by atoms with Crippen molar-refractivity contribution < 1.29 is 0 Å². The maximum absolute atomic E-state index is 4.32. The first-order chi connectivity index (χ1) is 28.8. The van der Waals surface area contributed by atoms with Gasteiger partial charge in [0, 0.05) is 74.6 Å². The highest BCUT2D eigenvalue weighted by molar-refractivity contribution is 7.00. The van der Waals surface area contributed by atoms with Crippen molar-refractivity contribution in [3.8, 4) is 33.6 Å². The van der Waals surface area contributed by atoms with Crippen LogP contribution in [-0.2, 0) is 0 Å². The van der Waals surface area contributed by atoms with Crippen molar-refractivity contribution in [3.63, 3.8) is 0 Å². The lowest BCUT2D eigenvalue weighted by atomic mass is 9.34. The van der Waals surface area contributed by atoms with E-state index in [-0.39, 0.29) is 6.71 Å². The number of para-hydroxylation sites is 4. The molecule has 6 heteroatoms. The minimum absolute atomic E-state index is 0.0480. The molecule has 6 heterocycles. The molecule has 0 amide bonds. The molecule has 0 atom stereocenters. The zero-order valence-corrected chi connectivity index (χ0v) is 31.3. The van der Waals surface area contributed by atoms with Gasteiger partial charge in [0.05, 0.1) is 22.2 Å². The highest BCUT2D eigenvalue weighted by atomic mass is 15.2. The van der Waals surface area contributed by atoms with Crippen molar-refractivity contribution in [2.45, 2.75) is 0 Å². The average Bonchev–Trinajstić information content (AvgIpc) is 3.81. The third kappa shape index (κ3) is 4.31. The fourth-order valence-electron chi connectivity index (χ4n) is 10.1. The molecule has 2 aliphatic heterocycles. The van der Waals surface area contributed by atoms with Gasteiger partial charge in [-0.3, -0.25) is 9.97 Å². The molecule has 0 spiro atoms. The molecule has 4 aromatic heterocycles. The van der Waals surface area contributed by atoms with Gasteiger partial charge in [-0.2, -0.15) is 0 Å². The minimum Gasteiger partial charge on any atom is -0.311 e. The van der Waals surface area contributed by atoms with E-state index in [1.54, 1.807) is 0 Å². The highest BCUT2D eigenvalue weighted by Crippen LogP contribution is 2.44. The number of benzene rings is 7. The van der Waals surface area contributed by atoms with Gasteiger partial charge >= 0.3 is 0 Å². The van der Waals surface area contributed by atoms with Crippen LogP contribution in [0.5, 0.6) is 0 Å². The molecule has 7 aromatic carbocycles. The van der Waals surface area contributed by atoms with E-state index >= 15 is 0 Å². The average molecular weight is 738 g/mol. The third-order valence-corrected chi connectivity index (χ3v) is 12.5. The zero-order valence-electron chi connectivity index (χ0n) is 31.3. The highest BCUT2D eigenvalue weighted by Gasteiger charge is 2.42. The van der Waals surface area contributed by atoms with Crippen LogP contribution in [0.3, 0.4) is 0 Å². The number of aromatic nitrogens is 4. The van der Waals surface area contributed by atoms with Gasteiger partial charge in [-0.1, -0.05) is 97.1 Å². The second-order valence-corrected chi connectivity index (χ2v) is 15.4. The molecular formula is C52H32BN5. The maximum Gasteiger partial charge on any atom is 0.252 e. The largest absolute Gasteiger partial charge is 0.311 e. The van der Waals surface area contributed by atoms with Gasteiger partial charge in [0.15, 0.2) is 0 Å². The zero-order chi connectivity index (χ0) is 37.9. The van der Waals surface area contributed by atoms with Crippen molar-refractivity contribution in [2.24, 2.45) is 0 Å². The van der Waals surface area contributed by atoms with Gasteiger partial charge in [0.1, 0.15) is 0 Å². The Kier molecular flexibility index (Phi) is 6.47. The molecule has 0 bridgehead atoms. The van der Waals surface area contributed by atoms with Crippen LogP contribution in [0.15, 0.2) is 195 Å². The van der Waals surface area contributed by atoms with E-state index < -0.39 is 0 Å². The first-order valence-electron chi connectivity index (χ1n) is 19.8. The Hall–Kier alpha value is -7.70. The fraction of sp³-hybridized carbons (Fsp3) is 0. The van der Waals surface area contributed by atoms with Gasteiger partial charge in [-0.15, -0.1) is 0 Å². The van der Waals surface area contributed by atoms with Crippen molar-refractivity contribution in [1.29, 1.82) is 0 Å². The summed E-state index contributed by atoms with van der Waals surface area (Å²) in [6.45, 7) is 0.0480. The van der Waals surface area contributed by atoms with E-state index in [4.69, 9.17) is 0 Å². The first kappa shape index (κ1) is 31.5. The van der Waals surface area contributed by atoms with Crippen molar-refractivity contribution in [3.05, 3.63) is 195 Å². The summed E-state index contributed by atoms with van der Waals surface area (Å²) >= 11 is 0. The standard InChI is InChI=1S/C52H32BN5/c1-2-9-37(10-3-1)56-46-16-7-5-13-43(46)53-44-14-8-12-42-41-20-18-36(34-23-27-55-28-24-34)30-48(41)58(52(42)44)50-32-38(31-49(56)51(50)53)57-45-15-6-4-11-39(45)40-19-17-35(29-47(40)57)33-21-25-54-26-22-33/h1-32H. The van der Waals surface area contributed by atoms with E-state index in [9.17, 15) is 0 Å². The van der Waals surface area contributed by atoms with Crippen LogP contribution in [0.1, 0.15) is 0 Å². The summed E-state index contributed by atoms with van der Waals surface area (Å²) in [5, 5.41) is 4.98. The van der Waals surface area contributed by atoms with Gasteiger partial charge in [0.2, 0.25) is 0 Å². The fourth-order valence-corrected chi connectivity index (χ4v) is 10.1. The Morgan fingerprint density at radius 2 is 0.948 bits per heavy atom. The molecule has 0 radical (unpaired) electrons. The van der Waals surface area contributed by atoms with Crippen LogP contribution >= 0.6 is 0 Å². The second kappa shape index (κ2) is 11.9. The summed E-state index contributed by atoms with van der Waals surface area (Å²) in [4.78, 5) is 11.1. The lowest BCUT2D eigenvalue weighted by Gasteiger charge is -2.40. The summed E-state index contributed by atoms with van der Waals surface area (Å²) in [6, 6.07) is 62.7. The molecule has 0 saturated carbocycles. The molecule has 0 aliphatic carbocycles. The lowest BCUT2D eigenvalue weighted by Crippen LogP contribution is -2.60. The quantitative estimate of drug-likeness (QED) is 0.169. The Morgan fingerprint density at radius 3 is 1.71 bits per heavy atom. The number of hydrogen-bond acceptors (Lipinski definition) is 3. The molecule has 0 N–H and O–H groups in total. The van der Waals surface area contributed by atoms with Gasteiger partial charge < -0.3 is 14.0 Å². The second-order valence-electron chi connectivity index (χ2n) is 15.4. The lowest BCUT2D eigenvalue weighted by molar-refractivity contribution is 1.13. The van der Waals surface area contributed by atoms with Crippen molar-refractivity contribution >= 4 is 83.8 Å². The normalized spacial score (nSPS) is 12.8. The van der Waals surface area contributed by atoms with Crippen LogP contribution in [0.25, 0.3) is 77.2 Å². The minimum atomic E-state index is 0.0480. The van der Waals surface area contributed by atoms with E-state index in [1.807, 2.05) is 24.8 Å². The van der Waals surface area contributed by atoms with Crippen LogP contribution in [0.4, 0.5) is 17.1 Å². The smallest absolute Gasteiger partial charge is 0.252 e. The van der Waals surface area contributed by atoms with E-state index in [0.29, 0.717) is 0 Å². The number of fused-ring (bicyclic) bond motifs is 10. The molecule has 5 nitrogen and oxygen atoms in total. The molecule has 58 heavy (non-hydrogen) atoms. The Morgan fingerprint density at radius 1 is 0.362 bits per heavy atom. The van der Waals surface area contributed by atoms with Gasteiger partial charge in [-0.25, -0.2) is 0 Å². The van der Waals surface area contributed by atoms with E-state index in [1.165, 1.54) is 82.6 Å². The molecule has 2 aliphatic rings. The predicted molar refractivity (Wildman–Crippen MR) is 241 cm³/mol. The van der Waals surface area contributed by atoms with E-state index in [0.717, 1.165) is 28.1 Å². The predicted octanol–water partition coefficient (Wildman–Crippen LogP) is 10.6. The number of hydrogen-bond donors (Lipinski definition) is 0. The molecular weight excluding hydrogens is 705 g/mol. The topological polar surface area (TPSA) is 38.9 Å². The molecule has 13 rings (SSSR count). The van der Waals surface area contributed by atoms with Crippen molar-refractivity contribution in [1.82, 2.24) is 19.1 Å². The SMILES string of the molecule is c1ccc(N2c3ccccc3B3c4c2cc(-n2c5ccccc5c5ccc(-c6ccncc6)cc52)cc4-n2c4cc(-c5ccncc5)ccc4c4cccc3c42)cc1. The Labute approximate surface area is 334 Å². The monoisotopic (exact) mass is 737 g/mol. The molecule has 11 aromatic rings. The summed E-state index contributed by atoms with van der Waals surface area (Å²) in [7, 11) is 0. The van der Waals surface area contributed by atoms with Crippen LogP contribution < -0.4 is 21.3 Å². The van der Waals surface area contributed by atoms with Crippen molar-refractivity contribution in [2.75, 3.05) is 4.90 Å². The summed E-state index contributed by atoms with van der Waals surface area (Å²) in [5.41, 5.74) is 19.3.